The molecule has 1 aliphatic heterocycles. The summed E-state index contributed by atoms with van der Waals surface area (Å²) in [4.78, 5) is 24.3. The summed E-state index contributed by atoms with van der Waals surface area (Å²) in [6.07, 6.45) is 5.47. The van der Waals surface area contributed by atoms with Crippen LogP contribution in [0, 0.1) is 0 Å². The van der Waals surface area contributed by atoms with E-state index in [4.69, 9.17) is 5.73 Å². The first-order chi connectivity index (χ1) is 9.63. The standard InChI is InChI=1S/C14H23N5O/c1-3-6-11-13(15)16-10-17-14(11)18(2)9-12(20)19-7-4-5-8-19/h10H,3-9H2,1-2H3,(H2,15,16,17). The van der Waals surface area contributed by atoms with E-state index >= 15 is 0 Å². The number of hydrogen-bond acceptors (Lipinski definition) is 5. The van der Waals surface area contributed by atoms with Crippen LogP contribution >= 0.6 is 0 Å². The second-order valence-electron chi connectivity index (χ2n) is 5.26. The van der Waals surface area contributed by atoms with Gasteiger partial charge in [-0.2, -0.15) is 0 Å². The Balaban J connectivity index is 2.10. The zero-order valence-electron chi connectivity index (χ0n) is 12.3. The molecule has 6 nitrogen and oxygen atoms in total. The van der Waals surface area contributed by atoms with Crippen LogP contribution in [0.4, 0.5) is 11.6 Å². The molecule has 0 atom stereocenters. The number of likely N-dealkylation sites (tertiary alicyclic amines) is 1. The average Bonchev–Trinajstić information content (AvgIpc) is 2.95. The summed E-state index contributed by atoms with van der Waals surface area (Å²) in [6.45, 7) is 4.18. The average molecular weight is 277 g/mol. The number of amides is 1. The van der Waals surface area contributed by atoms with E-state index in [1.54, 1.807) is 0 Å². The molecule has 110 valence electrons. The van der Waals surface area contributed by atoms with E-state index in [-0.39, 0.29) is 5.91 Å². The first-order valence-corrected chi connectivity index (χ1v) is 7.21. The fourth-order valence-corrected chi connectivity index (χ4v) is 2.58. The molecule has 2 rings (SSSR count). The summed E-state index contributed by atoms with van der Waals surface area (Å²) >= 11 is 0. The van der Waals surface area contributed by atoms with Gasteiger partial charge in [-0.15, -0.1) is 0 Å². The summed E-state index contributed by atoms with van der Waals surface area (Å²) in [7, 11) is 1.88. The quantitative estimate of drug-likeness (QED) is 0.871. The Kier molecular flexibility index (Phi) is 4.76. The molecule has 20 heavy (non-hydrogen) atoms. The Hall–Kier alpha value is -1.85. The molecule has 0 saturated carbocycles. The lowest BCUT2D eigenvalue weighted by Crippen LogP contribution is -2.38. The van der Waals surface area contributed by atoms with Crippen molar-refractivity contribution >= 4 is 17.5 Å². The maximum absolute atomic E-state index is 12.2. The zero-order chi connectivity index (χ0) is 14.5. The predicted octanol–water partition coefficient (Wildman–Crippen LogP) is 1.07. The van der Waals surface area contributed by atoms with Crippen molar-refractivity contribution in [2.75, 3.05) is 37.3 Å². The summed E-state index contributed by atoms with van der Waals surface area (Å²) < 4.78 is 0. The van der Waals surface area contributed by atoms with E-state index in [9.17, 15) is 4.79 Å². The number of likely N-dealkylation sites (N-methyl/N-ethyl adjacent to an activating group) is 1. The molecule has 1 amide bonds. The molecular formula is C14H23N5O. The first-order valence-electron chi connectivity index (χ1n) is 7.21. The lowest BCUT2D eigenvalue weighted by atomic mass is 10.1. The third-order valence-corrected chi connectivity index (χ3v) is 3.65. The zero-order valence-corrected chi connectivity index (χ0v) is 12.3. The van der Waals surface area contributed by atoms with Crippen molar-refractivity contribution in [3.63, 3.8) is 0 Å². The molecule has 1 aliphatic rings. The van der Waals surface area contributed by atoms with Crippen molar-refractivity contribution in [3.05, 3.63) is 11.9 Å². The van der Waals surface area contributed by atoms with Crippen molar-refractivity contribution < 1.29 is 4.79 Å². The summed E-state index contributed by atoms with van der Waals surface area (Å²) in [5.41, 5.74) is 6.86. The lowest BCUT2D eigenvalue weighted by molar-refractivity contribution is -0.128. The van der Waals surface area contributed by atoms with Crippen LogP contribution in [0.1, 0.15) is 31.7 Å². The molecule has 0 aliphatic carbocycles. The maximum Gasteiger partial charge on any atom is 0.242 e. The van der Waals surface area contributed by atoms with Crippen molar-refractivity contribution in [1.29, 1.82) is 0 Å². The van der Waals surface area contributed by atoms with Gasteiger partial charge < -0.3 is 15.5 Å². The molecule has 1 saturated heterocycles. The van der Waals surface area contributed by atoms with E-state index in [0.717, 1.165) is 50.2 Å². The minimum absolute atomic E-state index is 0.157. The van der Waals surface area contributed by atoms with Gasteiger partial charge in [-0.25, -0.2) is 9.97 Å². The topological polar surface area (TPSA) is 75.3 Å². The summed E-state index contributed by atoms with van der Waals surface area (Å²) in [5.74, 6) is 1.44. The molecule has 0 radical (unpaired) electrons. The maximum atomic E-state index is 12.2. The van der Waals surface area contributed by atoms with Gasteiger partial charge in [0.2, 0.25) is 5.91 Å². The SMILES string of the molecule is CCCc1c(N)ncnc1N(C)CC(=O)N1CCCC1. The lowest BCUT2D eigenvalue weighted by Gasteiger charge is -2.24. The molecule has 1 fully saturated rings. The van der Waals surface area contributed by atoms with Crippen molar-refractivity contribution in [2.45, 2.75) is 32.6 Å². The fourth-order valence-electron chi connectivity index (χ4n) is 2.58. The van der Waals surface area contributed by atoms with Crippen LogP contribution in [-0.4, -0.2) is 47.5 Å². The van der Waals surface area contributed by atoms with E-state index in [1.165, 1.54) is 6.33 Å². The molecule has 2 heterocycles. The van der Waals surface area contributed by atoms with Crippen molar-refractivity contribution in [1.82, 2.24) is 14.9 Å². The van der Waals surface area contributed by atoms with Gasteiger partial charge in [-0.1, -0.05) is 13.3 Å². The molecular weight excluding hydrogens is 254 g/mol. The predicted molar refractivity (Wildman–Crippen MR) is 79.5 cm³/mol. The number of anilines is 2. The highest BCUT2D eigenvalue weighted by Gasteiger charge is 2.21. The Morgan fingerprint density at radius 1 is 1.40 bits per heavy atom. The summed E-state index contributed by atoms with van der Waals surface area (Å²) in [6, 6.07) is 0. The molecule has 0 aromatic carbocycles. The molecule has 0 unspecified atom stereocenters. The van der Waals surface area contributed by atoms with Crippen LogP contribution in [-0.2, 0) is 11.2 Å². The van der Waals surface area contributed by atoms with Crippen LogP contribution in [0.2, 0.25) is 0 Å². The van der Waals surface area contributed by atoms with Crippen LogP contribution < -0.4 is 10.6 Å². The first kappa shape index (κ1) is 14.6. The van der Waals surface area contributed by atoms with Gasteiger partial charge in [-0.05, 0) is 19.3 Å². The number of carbonyl (C=O) groups excluding carboxylic acids is 1. The van der Waals surface area contributed by atoms with E-state index in [2.05, 4.69) is 16.9 Å². The van der Waals surface area contributed by atoms with E-state index < -0.39 is 0 Å². The van der Waals surface area contributed by atoms with Crippen molar-refractivity contribution in [2.24, 2.45) is 0 Å². The van der Waals surface area contributed by atoms with Crippen LogP contribution in [0.25, 0.3) is 0 Å². The summed E-state index contributed by atoms with van der Waals surface area (Å²) in [5, 5.41) is 0. The van der Waals surface area contributed by atoms with Gasteiger partial charge in [-0.3, -0.25) is 4.79 Å². The minimum Gasteiger partial charge on any atom is -0.383 e. The highest BCUT2D eigenvalue weighted by molar-refractivity contribution is 5.81. The van der Waals surface area contributed by atoms with Gasteiger partial charge in [0.1, 0.15) is 18.0 Å². The highest BCUT2D eigenvalue weighted by atomic mass is 16.2. The number of nitrogen functional groups attached to an aromatic ring is 1. The second kappa shape index (κ2) is 6.54. The van der Waals surface area contributed by atoms with Gasteiger partial charge in [0, 0.05) is 25.7 Å². The molecule has 0 spiro atoms. The minimum atomic E-state index is 0.157. The van der Waals surface area contributed by atoms with Crippen LogP contribution in [0.3, 0.4) is 0 Å². The number of nitrogens with zero attached hydrogens (tertiary/aromatic N) is 4. The number of nitrogens with two attached hydrogens (primary N) is 1. The Bertz CT molecular complexity index is 471. The molecule has 1 aromatic rings. The number of carbonyl (C=O) groups is 1. The largest absolute Gasteiger partial charge is 0.383 e. The number of rotatable bonds is 5. The van der Waals surface area contributed by atoms with Gasteiger partial charge >= 0.3 is 0 Å². The Labute approximate surface area is 120 Å². The van der Waals surface area contributed by atoms with Crippen molar-refractivity contribution in [3.8, 4) is 0 Å². The highest BCUT2D eigenvalue weighted by Crippen LogP contribution is 2.22. The van der Waals surface area contributed by atoms with E-state index in [1.807, 2.05) is 16.8 Å². The molecule has 2 N–H and O–H groups in total. The van der Waals surface area contributed by atoms with E-state index in [0.29, 0.717) is 12.4 Å². The normalized spacial score (nSPS) is 14.6. The monoisotopic (exact) mass is 277 g/mol. The Morgan fingerprint density at radius 3 is 2.75 bits per heavy atom. The smallest absolute Gasteiger partial charge is 0.242 e. The third-order valence-electron chi connectivity index (χ3n) is 3.65. The third kappa shape index (κ3) is 3.18. The van der Waals surface area contributed by atoms with Crippen LogP contribution in [0.5, 0.6) is 0 Å². The molecule has 0 bridgehead atoms. The van der Waals surface area contributed by atoms with Gasteiger partial charge in [0.25, 0.3) is 0 Å². The molecule has 1 aromatic heterocycles. The number of aromatic nitrogens is 2. The Morgan fingerprint density at radius 2 is 2.10 bits per heavy atom. The van der Waals surface area contributed by atoms with Gasteiger partial charge in [0.05, 0.1) is 6.54 Å². The molecule has 6 heteroatoms. The van der Waals surface area contributed by atoms with Crippen LogP contribution in [0.15, 0.2) is 6.33 Å². The number of hydrogen-bond donors (Lipinski definition) is 1. The van der Waals surface area contributed by atoms with Gasteiger partial charge in [0.15, 0.2) is 0 Å². The second-order valence-corrected chi connectivity index (χ2v) is 5.26. The fraction of sp³-hybridized carbons (Fsp3) is 0.643.